The molecule has 2 nitrogen and oxygen atoms in total. The summed E-state index contributed by atoms with van der Waals surface area (Å²) in [5.74, 6) is 1.73. The molecule has 0 aromatic heterocycles. The third-order valence-electron chi connectivity index (χ3n) is 14.5. The Hall–Kier alpha value is -8.72. The molecule has 0 saturated heterocycles. The van der Waals surface area contributed by atoms with E-state index in [2.05, 4.69) is 267 Å². The number of para-hydroxylation sites is 1. The Morgan fingerprint density at radius 1 is 0.290 bits per heavy atom. The number of hydrogen-bond acceptors (Lipinski definition) is 2. The fourth-order valence-electron chi connectivity index (χ4n) is 10.9. The lowest BCUT2D eigenvalue weighted by Gasteiger charge is -2.28. The van der Waals surface area contributed by atoms with Gasteiger partial charge in [-0.15, -0.1) is 0 Å². The molecule has 1 aliphatic carbocycles. The zero-order valence-corrected chi connectivity index (χ0v) is 38.5. The average molecular weight is 882 g/mol. The Labute approximate surface area is 404 Å². The van der Waals surface area contributed by atoms with Crippen molar-refractivity contribution in [1.82, 2.24) is 0 Å². The normalized spacial score (nSPS) is 12.7. The molecule has 0 amide bonds. The van der Waals surface area contributed by atoms with Gasteiger partial charge in [0.25, 0.3) is 0 Å². The molecule has 11 aromatic rings. The van der Waals surface area contributed by atoms with Crippen molar-refractivity contribution < 1.29 is 4.74 Å². The fraction of sp³-hybridized carbons (Fsp3) is 0.0448. The van der Waals surface area contributed by atoms with Crippen LogP contribution < -0.4 is 9.64 Å². The van der Waals surface area contributed by atoms with Gasteiger partial charge in [0.15, 0.2) is 0 Å². The molecule has 0 atom stereocenters. The van der Waals surface area contributed by atoms with Gasteiger partial charge in [-0.05, 0) is 138 Å². The van der Waals surface area contributed by atoms with Crippen LogP contribution in [0, 0.1) is 0 Å². The molecule has 0 radical (unpaired) electrons. The summed E-state index contributed by atoms with van der Waals surface area (Å²) in [6, 6.07) is 90.4. The molecule has 326 valence electrons. The summed E-state index contributed by atoms with van der Waals surface area (Å²) >= 11 is 0. The molecule has 0 spiro atoms. The molecular formula is C67H47NO. The van der Waals surface area contributed by atoms with Crippen molar-refractivity contribution in [2.24, 2.45) is 0 Å². The van der Waals surface area contributed by atoms with Crippen molar-refractivity contribution in [1.29, 1.82) is 0 Å². The smallest absolute Gasteiger partial charge is 0.143 e. The Balaban J connectivity index is 0.857. The summed E-state index contributed by atoms with van der Waals surface area (Å²) in [5.41, 5.74) is 22.4. The van der Waals surface area contributed by atoms with Crippen LogP contribution in [0.3, 0.4) is 0 Å². The Morgan fingerprint density at radius 2 is 0.768 bits per heavy atom. The number of nitrogens with zero attached hydrogens (tertiary/aromatic N) is 1. The van der Waals surface area contributed by atoms with Crippen LogP contribution in [0.1, 0.15) is 25.0 Å². The molecular weight excluding hydrogens is 835 g/mol. The second kappa shape index (κ2) is 16.3. The predicted molar refractivity (Wildman–Crippen MR) is 289 cm³/mol. The second-order valence-electron chi connectivity index (χ2n) is 18.9. The highest BCUT2D eigenvalue weighted by atomic mass is 16.5. The largest absolute Gasteiger partial charge is 0.455 e. The molecule has 11 aromatic carbocycles. The van der Waals surface area contributed by atoms with Crippen LogP contribution in [0.4, 0.5) is 17.1 Å². The fourth-order valence-corrected chi connectivity index (χ4v) is 10.9. The van der Waals surface area contributed by atoms with Gasteiger partial charge in [0.2, 0.25) is 0 Å². The van der Waals surface area contributed by atoms with E-state index in [1.807, 2.05) is 0 Å². The van der Waals surface area contributed by atoms with E-state index in [4.69, 9.17) is 4.74 Å². The Bertz CT molecular complexity index is 3740. The lowest BCUT2D eigenvalue weighted by Crippen LogP contribution is -2.16. The first-order valence-electron chi connectivity index (χ1n) is 23.9. The standard InChI is InChI=1S/C67H47NO/c1-67(2)63-23-12-11-20-58(63)59-39-37-55(43-64(59)67)68(53-33-28-47(29-34-53)44-14-5-3-6-15-44)54-35-30-48(31-36-54)46-24-26-49(27-25-46)56-21-13-22-60-57-38-32-52(45-16-7-4-8-17-45)40-61(57)62-41-50-18-9-10-19-51(50)42-65(62)69-66(56)60/h3-43H,1-2H3. The van der Waals surface area contributed by atoms with Crippen molar-refractivity contribution in [3.8, 4) is 89.4 Å². The van der Waals surface area contributed by atoms with E-state index in [0.717, 1.165) is 72.9 Å². The summed E-state index contributed by atoms with van der Waals surface area (Å²) in [5, 5.41) is 2.34. The maximum atomic E-state index is 7.12. The first kappa shape index (κ1) is 40.5. The van der Waals surface area contributed by atoms with Gasteiger partial charge in [0.05, 0.1) is 0 Å². The zero-order chi connectivity index (χ0) is 46.1. The highest BCUT2D eigenvalue weighted by Gasteiger charge is 2.36. The van der Waals surface area contributed by atoms with Crippen molar-refractivity contribution in [3.63, 3.8) is 0 Å². The van der Waals surface area contributed by atoms with E-state index in [-0.39, 0.29) is 5.41 Å². The van der Waals surface area contributed by atoms with Gasteiger partial charge in [-0.3, -0.25) is 0 Å². The van der Waals surface area contributed by atoms with Crippen LogP contribution in [0.5, 0.6) is 11.5 Å². The molecule has 2 heteroatoms. The third kappa shape index (κ3) is 6.95. The Kier molecular flexibility index (Phi) is 9.55. The van der Waals surface area contributed by atoms with Crippen molar-refractivity contribution in [2.45, 2.75) is 19.3 Å². The van der Waals surface area contributed by atoms with E-state index in [9.17, 15) is 0 Å². The third-order valence-corrected chi connectivity index (χ3v) is 14.5. The first-order chi connectivity index (χ1) is 33.9. The van der Waals surface area contributed by atoms with Crippen LogP contribution in [0.2, 0.25) is 0 Å². The number of hydrogen-bond donors (Lipinski definition) is 0. The van der Waals surface area contributed by atoms with E-state index in [0.29, 0.717) is 0 Å². The topological polar surface area (TPSA) is 12.5 Å². The molecule has 13 rings (SSSR count). The van der Waals surface area contributed by atoms with Gasteiger partial charge < -0.3 is 9.64 Å². The zero-order valence-electron chi connectivity index (χ0n) is 38.5. The van der Waals surface area contributed by atoms with Crippen LogP contribution in [-0.2, 0) is 5.41 Å². The molecule has 0 saturated carbocycles. The van der Waals surface area contributed by atoms with Crippen molar-refractivity contribution >= 4 is 27.8 Å². The second-order valence-corrected chi connectivity index (χ2v) is 18.9. The van der Waals surface area contributed by atoms with E-state index in [1.54, 1.807) is 0 Å². The van der Waals surface area contributed by atoms with Gasteiger partial charge in [0, 0.05) is 39.2 Å². The highest BCUT2D eigenvalue weighted by Crippen LogP contribution is 2.53. The number of anilines is 3. The molecule has 1 aliphatic heterocycles. The maximum Gasteiger partial charge on any atom is 0.143 e. The first-order valence-corrected chi connectivity index (χ1v) is 23.9. The van der Waals surface area contributed by atoms with Crippen LogP contribution >= 0.6 is 0 Å². The average Bonchev–Trinajstić information content (AvgIpc) is 3.54. The summed E-state index contributed by atoms with van der Waals surface area (Å²) < 4.78 is 7.12. The minimum atomic E-state index is -0.109. The number of fused-ring (bicyclic) bond motifs is 9. The lowest BCUT2D eigenvalue weighted by atomic mass is 9.82. The van der Waals surface area contributed by atoms with Crippen molar-refractivity contribution in [2.75, 3.05) is 4.90 Å². The molecule has 0 N–H and O–H groups in total. The number of rotatable bonds is 7. The van der Waals surface area contributed by atoms with Gasteiger partial charge >= 0.3 is 0 Å². The quantitative estimate of drug-likeness (QED) is 0.158. The van der Waals surface area contributed by atoms with Gasteiger partial charge in [-0.25, -0.2) is 0 Å². The summed E-state index contributed by atoms with van der Waals surface area (Å²) in [6.45, 7) is 4.70. The number of benzene rings is 11. The van der Waals surface area contributed by atoms with Gasteiger partial charge in [0.1, 0.15) is 11.5 Å². The van der Waals surface area contributed by atoms with Crippen LogP contribution in [-0.4, -0.2) is 0 Å². The highest BCUT2D eigenvalue weighted by molar-refractivity contribution is 6.00. The molecule has 1 heterocycles. The van der Waals surface area contributed by atoms with Crippen LogP contribution in [0.25, 0.3) is 88.7 Å². The summed E-state index contributed by atoms with van der Waals surface area (Å²) in [4.78, 5) is 2.39. The minimum absolute atomic E-state index is 0.109. The molecule has 0 unspecified atom stereocenters. The number of ether oxygens (including phenoxy) is 1. The predicted octanol–water partition coefficient (Wildman–Crippen LogP) is 18.7. The van der Waals surface area contributed by atoms with Gasteiger partial charge in [-0.1, -0.05) is 208 Å². The van der Waals surface area contributed by atoms with E-state index >= 15 is 0 Å². The monoisotopic (exact) mass is 881 g/mol. The maximum absolute atomic E-state index is 7.12. The molecule has 0 bridgehead atoms. The van der Waals surface area contributed by atoms with E-state index < -0.39 is 0 Å². The summed E-state index contributed by atoms with van der Waals surface area (Å²) in [7, 11) is 0. The molecule has 0 fully saturated rings. The minimum Gasteiger partial charge on any atom is -0.455 e. The van der Waals surface area contributed by atoms with Crippen LogP contribution in [0.15, 0.2) is 249 Å². The van der Waals surface area contributed by atoms with Gasteiger partial charge in [-0.2, -0.15) is 0 Å². The van der Waals surface area contributed by atoms with Crippen molar-refractivity contribution in [3.05, 3.63) is 260 Å². The van der Waals surface area contributed by atoms with E-state index in [1.165, 1.54) is 55.5 Å². The Morgan fingerprint density at radius 3 is 1.45 bits per heavy atom. The lowest BCUT2D eigenvalue weighted by molar-refractivity contribution is 0.490. The molecule has 2 aliphatic rings. The molecule has 69 heavy (non-hydrogen) atoms. The SMILES string of the molecule is CC1(C)c2ccccc2-c2ccc(N(c3ccc(-c4ccccc4)cc3)c3ccc(-c4ccc(-c5cccc6c5Oc5cc7ccccc7cc5-c5cc(-c7ccccc7)ccc5-6)cc4)cc3)cc21. The summed E-state index contributed by atoms with van der Waals surface area (Å²) in [6.07, 6.45) is 0.